The summed E-state index contributed by atoms with van der Waals surface area (Å²) < 4.78 is 23.0. The van der Waals surface area contributed by atoms with Crippen molar-refractivity contribution in [3.8, 4) is 5.75 Å². The van der Waals surface area contributed by atoms with Gasteiger partial charge in [-0.25, -0.2) is 4.39 Å². The minimum Gasteiger partial charge on any atom is -0.489 e. The maximum atomic E-state index is 12.6. The van der Waals surface area contributed by atoms with Crippen LogP contribution in [-0.2, 0) is 13.0 Å². The van der Waals surface area contributed by atoms with Crippen molar-refractivity contribution in [2.45, 2.75) is 26.3 Å². The molecule has 1 aromatic carbocycles. The number of nitrogens with zero attached hydrogens (tertiary/aromatic N) is 2. The second kappa shape index (κ2) is 7.29. The molecule has 0 N–H and O–H groups in total. The van der Waals surface area contributed by atoms with Crippen molar-refractivity contribution in [1.29, 1.82) is 0 Å². The van der Waals surface area contributed by atoms with Gasteiger partial charge in [-0.05, 0) is 42.2 Å². The number of benzene rings is 1. The van der Waals surface area contributed by atoms with Crippen LogP contribution in [0.1, 0.15) is 34.8 Å². The second-order valence-electron chi connectivity index (χ2n) is 5.74. The first-order valence-corrected chi connectivity index (χ1v) is 7.92. The predicted octanol–water partition coefficient (Wildman–Crippen LogP) is 3.52. The highest BCUT2D eigenvalue weighted by Crippen LogP contribution is 2.25. The maximum absolute atomic E-state index is 12.6. The Morgan fingerprint density at radius 3 is 3.08 bits per heavy atom. The van der Waals surface area contributed by atoms with Crippen LogP contribution in [0.15, 0.2) is 47.1 Å². The zero-order valence-electron chi connectivity index (χ0n) is 13.5. The Labute approximate surface area is 139 Å². The monoisotopic (exact) mass is 330 g/mol. The highest BCUT2D eigenvalue weighted by Gasteiger charge is 2.25. The van der Waals surface area contributed by atoms with Gasteiger partial charge in [-0.1, -0.05) is 12.1 Å². The lowest BCUT2D eigenvalue weighted by molar-refractivity contribution is 0.0726. The summed E-state index contributed by atoms with van der Waals surface area (Å²) in [6, 6.07) is 5.40. The highest BCUT2D eigenvalue weighted by atomic mass is 19.1. The van der Waals surface area contributed by atoms with E-state index in [-0.39, 0.29) is 12.5 Å². The van der Waals surface area contributed by atoms with E-state index in [2.05, 4.69) is 5.16 Å². The zero-order chi connectivity index (χ0) is 16.9. The van der Waals surface area contributed by atoms with Crippen LogP contribution in [0.3, 0.4) is 0 Å². The second-order valence-corrected chi connectivity index (χ2v) is 5.74. The van der Waals surface area contributed by atoms with Gasteiger partial charge in [0.1, 0.15) is 18.6 Å². The van der Waals surface area contributed by atoms with Crippen molar-refractivity contribution < 1.29 is 18.4 Å². The fourth-order valence-corrected chi connectivity index (χ4v) is 2.67. The number of halogens is 1. The smallest absolute Gasteiger partial charge is 0.254 e. The molecule has 1 aromatic heterocycles. The SMILES string of the molecule is CC/C(=C/F)COc1ccc2c(c1)CCN(Cc1cnoc1)C2=O. The molecule has 126 valence electrons. The van der Waals surface area contributed by atoms with Crippen molar-refractivity contribution in [2.24, 2.45) is 0 Å². The molecule has 3 rings (SSSR count). The minimum atomic E-state index is -0.0121. The molecule has 0 atom stereocenters. The van der Waals surface area contributed by atoms with Gasteiger partial charge in [-0.15, -0.1) is 0 Å². The Hall–Kier alpha value is -2.63. The molecule has 2 heterocycles. The van der Waals surface area contributed by atoms with Gasteiger partial charge >= 0.3 is 0 Å². The van der Waals surface area contributed by atoms with Crippen LogP contribution in [0.5, 0.6) is 5.75 Å². The molecule has 24 heavy (non-hydrogen) atoms. The third-order valence-corrected chi connectivity index (χ3v) is 4.13. The van der Waals surface area contributed by atoms with Crippen LogP contribution >= 0.6 is 0 Å². The summed E-state index contributed by atoms with van der Waals surface area (Å²) >= 11 is 0. The van der Waals surface area contributed by atoms with E-state index in [1.807, 2.05) is 13.0 Å². The molecule has 0 bridgehead atoms. The molecule has 0 unspecified atom stereocenters. The lowest BCUT2D eigenvalue weighted by atomic mass is 9.98. The predicted molar refractivity (Wildman–Crippen MR) is 86.4 cm³/mol. The molecule has 1 aliphatic rings. The minimum absolute atomic E-state index is 0.0121. The van der Waals surface area contributed by atoms with Crippen LogP contribution in [0, 0.1) is 0 Å². The average Bonchev–Trinajstić information content (AvgIpc) is 3.11. The molecule has 1 amide bonds. The topological polar surface area (TPSA) is 55.6 Å². The van der Waals surface area contributed by atoms with E-state index in [4.69, 9.17) is 9.26 Å². The number of aromatic nitrogens is 1. The van der Waals surface area contributed by atoms with Crippen molar-refractivity contribution in [3.05, 3.63) is 59.3 Å². The van der Waals surface area contributed by atoms with E-state index in [1.54, 1.807) is 29.5 Å². The molecule has 0 saturated carbocycles. The highest BCUT2D eigenvalue weighted by molar-refractivity contribution is 5.96. The van der Waals surface area contributed by atoms with Crippen LogP contribution in [0.2, 0.25) is 0 Å². The molecule has 0 spiro atoms. The summed E-state index contributed by atoms with van der Waals surface area (Å²) in [5.41, 5.74) is 3.11. The van der Waals surface area contributed by atoms with E-state index in [0.717, 1.165) is 17.5 Å². The van der Waals surface area contributed by atoms with Crippen molar-refractivity contribution in [3.63, 3.8) is 0 Å². The van der Waals surface area contributed by atoms with Crippen molar-refractivity contribution >= 4 is 5.91 Å². The summed E-state index contributed by atoms with van der Waals surface area (Å²) in [5, 5.41) is 3.66. The summed E-state index contributed by atoms with van der Waals surface area (Å²) in [4.78, 5) is 14.4. The van der Waals surface area contributed by atoms with Gasteiger partial charge in [0.25, 0.3) is 5.91 Å². The van der Waals surface area contributed by atoms with Gasteiger partial charge in [-0.3, -0.25) is 4.79 Å². The number of hydrogen-bond acceptors (Lipinski definition) is 4. The lowest BCUT2D eigenvalue weighted by Crippen LogP contribution is -2.36. The van der Waals surface area contributed by atoms with Crippen molar-refractivity contribution in [1.82, 2.24) is 10.1 Å². The van der Waals surface area contributed by atoms with Gasteiger partial charge < -0.3 is 14.2 Å². The average molecular weight is 330 g/mol. The number of rotatable bonds is 6. The number of amides is 1. The molecule has 0 saturated heterocycles. The van der Waals surface area contributed by atoms with Crippen LogP contribution in [0.4, 0.5) is 4.39 Å². The molecule has 0 aliphatic carbocycles. The van der Waals surface area contributed by atoms with Crippen LogP contribution in [0.25, 0.3) is 0 Å². The first-order chi connectivity index (χ1) is 11.7. The lowest BCUT2D eigenvalue weighted by Gasteiger charge is -2.28. The quantitative estimate of drug-likeness (QED) is 0.813. The third-order valence-electron chi connectivity index (χ3n) is 4.13. The molecular weight excluding hydrogens is 311 g/mol. The molecule has 1 aliphatic heterocycles. The number of hydrogen-bond donors (Lipinski definition) is 0. The summed E-state index contributed by atoms with van der Waals surface area (Å²) in [6.45, 7) is 3.22. The number of ether oxygens (including phenoxy) is 1. The van der Waals surface area contributed by atoms with E-state index >= 15 is 0 Å². The summed E-state index contributed by atoms with van der Waals surface area (Å²) in [6.07, 6.45) is 5.11. The van der Waals surface area contributed by atoms with E-state index in [0.29, 0.717) is 42.7 Å². The fourth-order valence-electron chi connectivity index (χ4n) is 2.67. The Morgan fingerprint density at radius 2 is 2.38 bits per heavy atom. The van der Waals surface area contributed by atoms with Gasteiger partial charge in [0.2, 0.25) is 0 Å². The Balaban J connectivity index is 1.70. The van der Waals surface area contributed by atoms with Gasteiger partial charge in [0, 0.05) is 17.7 Å². The Kier molecular flexibility index (Phi) is 4.93. The number of carbonyl (C=O) groups is 1. The maximum Gasteiger partial charge on any atom is 0.254 e. The molecule has 5 nitrogen and oxygen atoms in total. The summed E-state index contributed by atoms with van der Waals surface area (Å²) in [7, 11) is 0. The molecule has 2 aromatic rings. The van der Waals surface area contributed by atoms with Gasteiger partial charge in [0.05, 0.1) is 19.1 Å². The fraction of sp³-hybridized carbons (Fsp3) is 0.333. The van der Waals surface area contributed by atoms with Crippen LogP contribution < -0.4 is 4.74 Å². The molecule has 6 heteroatoms. The van der Waals surface area contributed by atoms with E-state index < -0.39 is 0 Å². The number of fused-ring (bicyclic) bond motifs is 1. The van der Waals surface area contributed by atoms with E-state index in [1.165, 1.54) is 0 Å². The third kappa shape index (κ3) is 3.48. The zero-order valence-corrected chi connectivity index (χ0v) is 13.5. The standard InChI is InChI=1S/C18H19FN2O3/c1-2-13(8-19)11-23-16-3-4-17-15(7-16)5-6-21(18(17)22)10-14-9-20-24-12-14/h3-4,7-9,12H,2,5-6,10-11H2,1H3/b13-8-. The number of carbonyl (C=O) groups excluding carboxylic acids is 1. The van der Waals surface area contributed by atoms with Gasteiger partial charge in [0.15, 0.2) is 0 Å². The largest absolute Gasteiger partial charge is 0.489 e. The van der Waals surface area contributed by atoms with E-state index in [9.17, 15) is 9.18 Å². The van der Waals surface area contributed by atoms with Gasteiger partial charge in [-0.2, -0.15) is 0 Å². The first kappa shape index (κ1) is 16.2. The summed E-state index contributed by atoms with van der Waals surface area (Å²) in [5.74, 6) is 0.642. The Bertz CT molecular complexity index is 741. The van der Waals surface area contributed by atoms with Crippen molar-refractivity contribution in [2.75, 3.05) is 13.2 Å². The molecule has 0 radical (unpaired) electrons. The normalized spacial score (nSPS) is 14.7. The molecular formula is C18H19FN2O3. The van der Waals surface area contributed by atoms with Crippen LogP contribution in [-0.4, -0.2) is 29.1 Å². The first-order valence-electron chi connectivity index (χ1n) is 7.92. The molecule has 0 fully saturated rings. The Morgan fingerprint density at radius 1 is 1.50 bits per heavy atom.